The molecule has 6 heteroatoms. The summed E-state index contributed by atoms with van der Waals surface area (Å²) in [5, 5.41) is 2.75. The number of nitrogens with zero attached hydrogens (tertiary/aromatic N) is 1. The summed E-state index contributed by atoms with van der Waals surface area (Å²) in [7, 11) is 0. The largest absolute Gasteiger partial charge is 0.338 e. The summed E-state index contributed by atoms with van der Waals surface area (Å²) in [6.07, 6.45) is 1.49. The predicted octanol–water partition coefficient (Wildman–Crippen LogP) is 3.46. The Morgan fingerprint density at radius 2 is 1.85 bits per heavy atom. The van der Waals surface area contributed by atoms with Gasteiger partial charge in [-0.2, -0.15) is 0 Å². The SMILES string of the molecule is O=C(Nc1cccc(F)c1)C1CC12CCN(C(=O)c1ccc(F)cc1)C2. The second kappa shape index (κ2) is 6.20. The lowest BCUT2D eigenvalue weighted by Crippen LogP contribution is -2.30. The van der Waals surface area contributed by atoms with Gasteiger partial charge in [-0.05, 0) is 55.3 Å². The van der Waals surface area contributed by atoms with Crippen molar-refractivity contribution in [2.24, 2.45) is 11.3 Å². The standard InChI is InChI=1S/C20H18F2N2O2/c21-14-6-4-13(5-7-14)19(26)24-9-8-20(12-24)11-17(20)18(25)23-16-3-1-2-15(22)10-16/h1-7,10,17H,8-9,11-12H2,(H,23,25). The predicted molar refractivity (Wildman–Crippen MR) is 92.5 cm³/mol. The average molecular weight is 356 g/mol. The van der Waals surface area contributed by atoms with Gasteiger partial charge in [-0.1, -0.05) is 6.07 Å². The van der Waals surface area contributed by atoms with Crippen LogP contribution < -0.4 is 5.32 Å². The summed E-state index contributed by atoms with van der Waals surface area (Å²) in [5.74, 6) is -1.22. The minimum atomic E-state index is -0.398. The highest BCUT2D eigenvalue weighted by Crippen LogP contribution is 2.58. The molecule has 1 N–H and O–H groups in total. The van der Waals surface area contributed by atoms with E-state index in [-0.39, 0.29) is 29.0 Å². The molecule has 2 fully saturated rings. The lowest BCUT2D eigenvalue weighted by Gasteiger charge is -2.17. The Balaban J connectivity index is 1.39. The van der Waals surface area contributed by atoms with Crippen LogP contribution in [0.15, 0.2) is 48.5 Å². The number of benzene rings is 2. The van der Waals surface area contributed by atoms with Gasteiger partial charge in [0.05, 0.1) is 0 Å². The molecule has 2 amide bonds. The fourth-order valence-corrected chi connectivity index (χ4v) is 3.81. The highest BCUT2D eigenvalue weighted by molar-refractivity contribution is 5.96. The first-order valence-corrected chi connectivity index (χ1v) is 8.58. The smallest absolute Gasteiger partial charge is 0.253 e. The molecule has 1 spiro atoms. The maximum Gasteiger partial charge on any atom is 0.253 e. The molecule has 0 aromatic heterocycles. The molecule has 1 heterocycles. The van der Waals surface area contributed by atoms with E-state index in [0.29, 0.717) is 24.3 Å². The quantitative estimate of drug-likeness (QED) is 0.916. The van der Waals surface area contributed by atoms with Crippen LogP contribution >= 0.6 is 0 Å². The number of likely N-dealkylation sites (tertiary alicyclic amines) is 1. The second-order valence-electron chi connectivity index (χ2n) is 7.10. The van der Waals surface area contributed by atoms with Crippen LogP contribution in [0.5, 0.6) is 0 Å². The zero-order chi connectivity index (χ0) is 18.3. The van der Waals surface area contributed by atoms with Crippen LogP contribution in [0.2, 0.25) is 0 Å². The molecular formula is C20H18F2N2O2. The van der Waals surface area contributed by atoms with Crippen molar-refractivity contribution in [2.45, 2.75) is 12.8 Å². The third kappa shape index (κ3) is 3.07. The molecular weight excluding hydrogens is 338 g/mol. The van der Waals surface area contributed by atoms with E-state index in [1.54, 1.807) is 17.0 Å². The number of carbonyl (C=O) groups is 2. The van der Waals surface area contributed by atoms with Crippen LogP contribution in [0.4, 0.5) is 14.5 Å². The summed E-state index contributed by atoms with van der Waals surface area (Å²) < 4.78 is 26.2. The summed E-state index contributed by atoms with van der Waals surface area (Å²) in [6.45, 7) is 1.10. The third-order valence-electron chi connectivity index (χ3n) is 5.36. The van der Waals surface area contributed by atoms with Crippen molar-refractivity contribution < 1.29 is 18.4 Å². The fraction of sp³-hybridized carbons (Fsp3) is 0.300. The van der Waals surface area contributed by atoms with Gasteiger partial charge >= 0.3 is 0 Å². The first-order valence-electron chi connectivity index (χ1n) is 8.58. The molecule has 2 atom stereocenters. The molecule has 1 aliphatic heterocycles. The monoisotopic (exact) mass is 356 g/mol. The van der Waals surface area contributed by atoms with Crippen molar-refractivity contribution in [3.63, 3.8) is 0 Å². The van der Waals surface area contributed by atoms with Crippen molar-refractivity contribution >= 4 is 17.5 Å². The van der Waals surface area contributed by atoms with Crippen molar-refractivity contribution in [1.82, 2.24) is 4.90 Å². The molecule has 1 saturated heterocycles. The molecule has 2 aromatic carbocycles. The summed E-state index contributed by atoms with van der Waals surface area (Å²) >= 11 is 0. The van der Waals surface area contributed by atoms with Gasteiger partial charge in [-0.25, -0.2) is 8.78 Å². The number of anilines is 1. The van der Waals surface area contributed by atoms with Gasteiger partial charge in [0.2, 0.25) is 5.91 Å². The zero-order valence-corrected chi connectivity index (χ0v) is 14.0. The Hall–Kier alpha value is -2.76. The van der Waals surface area contributed by atoms with Gasteiger partial charge in [-0.15, -0.1) is 0 Å². The molecule has 4 rings (SSSR count). The van der Waals surface area contributed by atoms with E-state index < -0.39 is 5.82 Å². The number of rotatable bonds is 3. The Morgan fingerprint density at radius 1 is 1.08 bits per heavy atom. The van der Waals surface area contributed by atoms with Crippen LogP contribution in [0.3, 0.4) is 0 Å². The summed E-state index contributed by atoms with van der Waals surface area (Å²) in [5.41, 5.74) is 0.701. The highest BCUT2D eigenvalue weighted by atomic mass is 19.1. The van der Waals surface area contributed by atoms with Crippen LogP contribution in [0.25, 0.3) is 0 Å². The van der Waals surface area contributed by atoms with Crippen molar-refractivity contribution in [1.29, 1.82) is 0 Å². The number of amides is 2. The van der Waals surface area contributed by atoms with Gasteiger partial charge in [-0.3, -0.25) is 9.59 Å². The number of nitrogens with one attached hydrogen (secondary N) is 1. The van der Waals surface area contributed by atoms with E-state index in [0.717, 1.165) is 12.8 Å². The second-order valence-corrected chi connectivity index (χ2v) is 7.10. The van der Waals surface area contributed by atoms with E-state index in [4.69, 9.17) is 0 Å². The van der Waals surface area contributed by atoms with E-state index in [9.17, 15) is 18.4 Å². The molecule has 1 aliphatic carbocycles. The molecule has 0 radical (unpaired) electrons. The molecule has 4 nitrogen and oxygen atoms in total. The van der Waals surface area contributed by atoms with E-state index >= 15 is 0 Å². The van der Waals surface area contributed by atoms with Crippen molar-refractivity contribution in [2.75, 3.05) is 18.4 Å². The highest BCUT2D eigenvalue weighted by Gasteiger charge is 2.61. The lowest BCUT2D eigenvalue weighted by atomic mass is 10.0. The van der Waals surface area contributed by atoms with Crippen molar-refractivity contribution in [3.8, 4) is 0 Å². The first-order chi connectivity index (χ1) is 12.5. The average Bonchev–Trinajstić information content (AvgIpc) is 3.15. The van der Waals surface area contributed by atoms with Gasteiger partial charge in [0, 0.05) is 35.7 Å². The molecule has 26 heavy (non-hydrogen) atoms. The van der Waals surface area contributed by atoms with Crippen LogP contribution in [0, 0.1) is 23.0 Å². The van der Waals surface area contributed by atoms with Crippen LogP contribution in [0.1, 0.15) is 23.2 Å². The minimum absolute atomic E-state index is 0.133. The topological polar surface area (TPSA) is 49.4 Å². The molecule has 0 bridgehead atoms. The molecule has 2 unspecified atom stereocenters. The lowest BCUT2D eigenvalue weighted by molar-refractivity contribution is -0.118. The van der Waals surface area contributed by atoms with E-state index in [2.05, 4.69) is 5.32 Å². The van der Waals surface area contributed by atoms with Gasteiger partial charge in [0.25, 0.3) is 5.91 Å². The Morgan fingerprint density at radius 3 is 2.58 bits per heavy atom. The van der Waals surface area contributed by atoms with E-state index in [1.165, 1.54) is 36.4 Å². The maximum atomic E-state index is 13.2. The van der Waals surface area contributed by atoms with Gasteiger partial charge in [0.1, 0.15) is 11.6 Å². The molecule has 1 saturated carbocycles. The number of carbonyl (C=O) groups excluding carboxylic acids is 2. The Labute approximate surface area is 149 Å². The minimum Gasteiger partial charge on any atom is -0.338 e. The van der Waals surface area contributed by atoms with Crippen molar-refractivity contribution in [3.05, 3.63) is 65.7 Å². The van der Waals surface area contributed by atoms with Crippen LogP contribution in [-0.4, -0.2) is 29.8 Å². The molecule has 2 aromatic rings. The number of halogens is 2. The third-order valence-corrected chi connectivity index (χ3v) is 5.36. The van der Waals surface area contributed by atoms with E-state index in [1.807, 2.05) is 0 Å². The zero-order valence-electron chi connectivity index (χ0n) is 14.0. The normalized spacial score (nSPS) is 23.9. The van der Waals surface area contributed by atoms with Crippen LogP contribution in [-0.2, 0) is 4.79 Å². The maximum absolute atomic E-state index is 13.2. The van der Waals surface area contributed by atoms with Gasteiger partial charge in [0.15, 0.2) is 0 Å². The molecule has 134 valence electrons. The first kappa shape index (κ1) is 16.7. The Kier molecular flexibility index (Phi) is 3.98. The summed E-state index contributed by atoms with van der Waals surface area (Å²) in [4.78, 5) is 26.7. The number of hydrogen-bond acceptors (Lipinski definition) is 2. The van der Waals surface area contributed by atoms with Gasteiger partial charge < -0.3 is 10.2 Å². The summed E-state index contributed by atoms with van der Waals surface area (Å²) in [6, 6.07) is 11.3. The fourth-order valence-electron chi connectivity index (χ4n) is 3.81. The number of hydrogen-bond donors (Lipinski definition) is 1. The molecule has 2 aliphatic rings. The Bertz CT molecular complexity index is 868.